The third-order valence-electron chi connectivity index (χ3n) is 4.08. The molecular weight excluding hydrogens is 212 g/mol. The van der Waals surface area contributed by atoms with E-state index in [1.807, 2.05) is 0 Å². The summed E-state index contributed by atoms with van der Waals surface area (Å²) in [6.07, 6.45) is 4.62. The molecule has 1 unspecified atom stereocenters. The van der Waals surface area contributed by atoms with Gasteiger partial charge in [-0.3, -0.25) is 0 Å². The van der Waals surface area contributed by atoms with Gasteiger partial charge in [0, 0.05) is 12.3 Å². The monoisotopic (exact) mass is 232 g/mol. The van der Waals surface area contributed by atoms with Crippen molar-refractivity contribution in [3.8, 4) is 0 Å². The molecule has 2 heteroatoms. The van der Waals surface area contributed by atoms with Crippen LogP contribution in [0.25, 0.3) is 0 Å². The van der Waals surface area contributed by atoms with Crippen LogP contribution in [0.15, 0.2) is 24.3 Å². The molecule has 2 fully saturated rings. The molecule has 1 aliphatic heterocycles. The molecule has 1 aromatic carbocycles. The van der Waals surface area contributed by atoms with Gasteiger partial charge in [0.1, 0.15) is 0 Å². The molecule has 92 valence electrons. The fourth-order valence-electron chi connectivity index (χ4n) is 3.14. The molecule has 1 aromatic rings. The summed E-state index contributed by atoms with van der Waals surface area (Å²) < 4.78 is 11.8. The van der Waals surface area contributed by atoms with Gasteiger partial charge in [-0.2, -0.15) is 0 Å². The maximum atomic E-state index is 5.89. The Bertz CT molecular complexity index is 371. The third kappa shape index (κ3) is 2.12. The van der Waals surface area contributed by atoms with Crippen LogP contribution in [0.4, 0.5) is 0 Å². The van der Waals surface area contributed by atoms with Crippen LogP contribution in [0, 0.1) is 12.8 Å². The summed E-state index contributed by atoms with van der Waals surface area (Å²) in [5, 5.41) is 0. The van der Waals surface area contributed by atoms with Crippen LogP contribution in [0.3, 0.4) is 0 Å². The molecule has 1 spiro atoms. The zero-order chi connectivity index (χ0) is 11.7. The Morgan fingerprint density at radius 2 is 1.88 bits per heavy atom. The Kier molecular flexibility index (Phi) is 2.93. The Hall–Kier alpha value is -0.860. The highest BCUT2D eigenvalue weighted by Gasteiger charge is 2.47. The standard InChI is InChI=1S/C15H20O2/c1-12-4-6-13(7-5-12)11-14-3-2-8-15(14)16-9-10-17-15/h4-7,14H,2-3,8-11H2,1H3. The molecule has 0 bridgehead atoms. The number of aryl methyl sites for hydroxylation is 1. The lowest BCUT2D eigenvalue weighted by atomic mass is 9.93. The zero-order valence-corrected chi connectivity index (χ0v) is 10.4. The quantitative estimate of drug-likeness (QED) is 0.780. The van der Waals surface area contributed by atoms with Crippen molar-refractivity contribution in [3.63, 3.8) is 0 Å². The van der Waals surface area contributed by atoms with Gasteiger partial charge in [-0.05, 0) is 31.7 Å². The molecular formula is C15H20O2. The average Bonchev–Trinajstić information content (AvgIpc) is 2.95. The summed E-state index contributed by atoms with van der Waals surface area (Å²) >= 11 is 0. The predicted molar refractivity (Wildman–Crippen MR) is 66.9 cm³/mol. The smallest absolute Gasteiger partial charge is 0.171 e. The summed E-state index contributed by atoms with van der Waals surface area (Å²) in [6.45, 7) is 3.67. The highest BCUT2D eigenvalue weighted by atomic mass is 16.7. The van der Waals surface area contributed by atoms with Gasteiger partial charge < -0.3 is 9.47 Å². The van der Waals surface area contributed by atoms with Crippen LogP contribution in [0.2, 0.25) is 0 Å². The summed E-state index contributed by atoms with van der Waals surface area (Å²) in [4.78, 5) is 0. The normalized spacial score (nSPS) is 26.8. The van der Waals surface area contributed by atoms with Crippen LogP contribution in [-0.4, -0.2) is 19.0 Å². The van der Waals surface area contributed by atoms with Gasteiger partial charge in [-0.25, -0.2) is 0 Å². The van der Waals surface area contributed by atoms with Gasteiger partial charge in [-0.15, -0.1) is 0 Å². The lowest BCUT2D eigenvalue weighted by Gasteiger charge is -2.29. The van der Waals surface area contributed by atoms with E-state index in [0.29, 0.717) is 5.92 Å². The molecule has 1 atom stereocenters. The van der Waals surface area contributed by atoms with E-state index in [1.54, 1.807) is 0 Å². The van der Waals surface area contributed by atoms with E-state index in [-0.39, 0.29) is 5.79 Å². The van der Waals surface area contributed by atoms with E-state index >= 15 is 0 Å². The molecule has 17 heavy (non-hydrogen) atoms. The largest absolute Gasteiger partial charge is 0.347 e. The minimum atomic E-state index is -0.245. The minimum Gasteiger partial charge on any atom is -0.347 e. The van der Waals surface area contributed by atoms with Crippen LogP contribution < -0.4 is 0 Å². The van der Waals surface area contributed by atoms with E-state index in [4.69, 9.17) is 9.47 Å². The lowest BCUT2D eigenvalue weighted by molar-refractivity contribution is -0.180. The summed E-state index contributed by atoms with van der Waals surface area (Å²) in [6, 6.07) is 8.84. The Morgan fingerprint density at radius 1 is 1.18 bits per heavy atom. The van der Waals surface area contributed by atoms with E-state index in [0.717, 1.165) is 26.1 Å². The number of benzene rings is 1. The molecule has 0 amide bonds. The fraction of sp³-hybridized carbons (Fsp3) is 0.600. The first kappa shape index (κ1) is 11.2. The van der Waals surface area contributed by atoms with Gasteiger partial charge in [-0.1, -0.05) is 29.8 Å². The van der Waals surface area contributed by atoms with Crippen molar-refractivity contribution in [2.24, 2.45) is 5.92 Å². The van der Waals surface area contributed by atoms with Gasteiger partial charge >= 0.3 is 0 Å². The number of rotatable bonds is 2. The molecule has 1 saturated heterocycles. The first-order chi connectivity index (χ1) is 8.28. The van der Waals surface area contributed by atoms with E-state index in [2.05, 4.69) is 31.2 Å². The zero-order valence-electron chi connectivity index (χ0n) is 10.4. The highest BCUT2D eigenvalue weighted by Crippen LogP contribution is 2.43. The molecule has 0 aromatic heterocycles. The van der Waals surface area contributed by atoms with Crippen molar-refractivity contribution in [1.29, 1.82) is 0 Å². The second kappa shape index (κ2) is 4.43. The van der Waals surface area contributed by atoms with Crippen molar-refractivity contribution in [2.45, 2.75) is 38.4 Å². The van der Waals surface area contributed by atoms with Crippen molar-refractivity contribution in [1.82, 2.24) is 0 Å². The molecule has 0 radical (unpaired) electrons. The van der Waals surface area contributed by atoms with Crippen molar-refractivity contribution >= 4 is 0 Å². The van der Waals surface area contributed by atoms with Crippen LogP contribution in [0.5, 0.6) is 0 Å². The summed E-state index contributed by atoms with van der Waals surface area (Å²) in [7, 11) is 0. The Labute approximate surface area is 103 Å². The average molecular weight is 232 g/mol. The van der Waals surface area contributed by atoms with E-state index in [1.165, 1.54) is 24.0 Å². The molecule has 1 saturated carbocycles. The number of hydrogen-bond acceptors (Lipinski definition) is 2. The minimum absolute atomic E-state index is 0.245. The van der Waals surface area contributed by atoms with Gasteiger partial charge in [0.25, 0.3) is 0 Å². The maximum absolute atomic E-state index is 5.89. The molecule has 2 aliphatic rings. The first-order valence-corrected chi connectivity index (χ1v) is 6.62. The fourth-order valence-corrected chi connectivity index (χ4v) is 3.14. The topological polar surface area (TPSA) is 18.5 Å². The Morgan fingerprint density at radius 3 is 2.59 bits per heavy atom. The molecule has 1 heterocycles. The van der Waals surface area contributed by atoms with E-state index in [9.17, 15) is 0 Å². The van der Waals surface area contributed by atoms with Gasteiger partial charge in [0.05, 0.1) is 13.2 Å². The molecule has 2 nitrogen and oxygen atoms in total. The van der Waals surface area contributed by atoms with Crippen LogP contribution >= 0.6 is 0 Å². The molecule has 0 N–H and O–H groups in total. The second-order valence-corrected chi connectivity index (χ2v) is 5.29. The summed E-state index contributed by atoms with van der Waals surface area (Å²) in [5.74, 6) is 0.290. The molecule has 1 aliphatic carbocycles. The number of ether oxygens (including phenoxy) is 2. The lowest BCUT2D eigenvalue weighted by Crippen LogP contribution is -2.35. The summed E-state index contributed by atoms with van der Waals surface area (Å²) in [5.41, 5.74) is 2.73. The maximum Gasteiger partial charge on any atom is 0.171 e. The van der Waals surface area contributed by atoms with Gasteiger partial charge in [0.2, 0.25) is 0 Å². The Balaban J connectivity index is 1.74. The first-order valence-electron chi connectivity index (χ1n) is 6.62. The number of hydrogen-bond donors (Lipinski definition) is 0. The van der Waals surface area contributed by atoms with Crippen LogP contribution in [-0.2, 0) is 15.9 Å². The van der Waals surface area contributed by atoms with Crippen molar-refractivity contribution < 1.29 is 9.47 Å². The van der Waals surface area contributed by atoms with Gasteiger partial charge in [0.15, 0.2) is 5.79 Å². The third-order valence-corrected chi connectivity index (χ3v) is 4.08. The SMILES string of the molecule is Cc1ccc(CC2CCCC23OCCO3)cc1. The second-order valence-electron chi connectivity index (χ2n) is 5.29. The van der Waals surface area contributed by atoms with Crippen molar-refractivity contribution in [2.75, 3.05) is 13.2 Å². The molecule has 3 rings (SSSR count). The van der Waals surface area contributed by atoms with E-state index < -0.39 is 0 Å². The highest BCUT2D eigenvalue weighted by molar-refractivity contribution is 5.22. The predicted octanol–water partition coefficient (Wildman–Crippen LogP) is 3.08. The van der Waals surface area contributed by atoms with Crippen LogP contribution in [0.1, 0.15) is 30.4 Å². The van der Waals surface area contributed by atoms with Crippen molar-refractivity contribution in [3.05, 3.63) is 35.4 Å².